The van der Waals surface area contributed by atoms with E-state index >= 15 is 0 Å². The number of likely N-dealkylation sites (tertiary alicyclic amines) is 1. The molecule has 4 rings (SSSR count). The van der Waals surface area contributed by atoms with Crippen molar-refractivity contribution in [3.05, 3.63) is 53.6 Å². The molecule has 0 aromatic heterocycles. The molecule has 2 saturated heterocycles. The van der Waals surface area contributed by atoms with E-state index in [0.717, 1.165) is 31.5 Å². The van der Waals surface area contributed by atoms with E-state index in [1.807, 2.05) is 9.80 Å². The maximum Gasteiger partial charge on any atom is 0.321 e. The van der Waals surface area contributed by atoms with Gasteiger partial charge in [-0.25, -0.2) is 9.59 Å². The van der Waals surface area contributed by atoms with Crippen LogP contribution < -0.4 is 14.8 Å². The second-order valence-corrected chi connectivity index (χ2v) is 8.60. The highest BCUT2D eigenvalue weighted by Crippen LogP contribution is 2.30. The molecule has 8 nitrogen and oxygen atoms in total. The van der Waals surface area contributed by atoms with Gasteiger partial charge < -0.3 is 29.5 Å². The van der Waals surface area contributed by atoms with Crippen molar-refractivity contribution in [2.75, 3.05) is 45.7 Å². The average Bonchev–Trinajstić information content (AvgIpc) is 3.20. The highest BCUT2D eigenvalue weighted by Gasteiger charge is 2.36. The van der Waals surface area contributed by atoms with Gasteiger partial charge in [-0.15, -0.1) is 0 Å². The number of anilines is 1. The number of ether oxygens (including phenoxy) is 2. The summed E-state index contributed by atoms with van der Waals surface area (Å²) < 4.78 is 10.6. The number of hydrogen-bond donors (Lipinski definition) is 1. The van der Waals surface area contributed by atoms with Gasteiger partial charge in [-0.1, -0.05) is 29.8 Å². The van der Waals surface area contributed by atoms with Gasteiger partial charge in [0.05, 0.1) is 19.9 Å². The molecule has 176 valence electrons. The minimum Gasteiger partial charge on any atom is -0.497 e. The normalized spacial score (nSPS) is 16.8. The van der Waals surface area contributed by atoms with Crippen LogP contribution in [-0.2, 0) is 6.54 Å². The number of benzene rings is 2. The fourth-order valence-corrected chi connectivity index (χ4v) is 4.49. The lowest BCUT2D eigenvalue weighted by Gasteiger charge is -2.36. The Hall–Kier alpha value is -3.42. The molecule has 0 atom stereocenters. The van der Waals surface area contributed by atoms with Crippen LogP contribution in [0.3, 0.4) is 0 Å². The Balaban J connectivity index is 1.30. The maximum atomic E-state index is 13.0. The van der Waals surface area contributed by atoms with Crippen LogP contribution >= 0.6 is 0 Å². The molecular weight excluding hydrogens is 420 g/mol. The predicted molar refractivity (Wildman–Crippen MR) is 127 cm³/mol. The van der Waals surface area contributed by atoms with Gasteiger partial charge in [0.1, 0.15) is 11.5 Å². The summed E-state index contributed by atoms with van der Waals surface area (Å²) in [7, 11) is 3.15. The fourth-order valence-electron chi connectivity index (χ4n) is 4.49. The number of hydrogen-bond acceptors (Lipinski definition) is 4. The molecule has 4 amide bonds. The first-order valence-electron chi connectivity index (χ1n) is 11.4. The smallest absolute Gasteiger partial charge is 0.321 e. The Labute approximate surface area is 195 Å². The molecule has 33 heavy (non-hydrogen) atoms. The van der Waals surface area contributed by atoms with Gasteiger partial charge in [0, 0.05) is 44.8 Å². The molecule has 1 N–H and O–H groups in total. The average molecular weight is 453 g/mol. The zero-order chi connectivity index (χ0) is 23.4. The standard InChI is InChI=1S/C25H32N4O4/c1-18-4-6-19(7-5-18)17-28-14-15-29(25(28)31)20-10-12-27(13-11-20)24(30)26-22-16-21(32-2)8-9-23(22)33-3/h4-9,16,20H,10-15,17H2,1-3H3,(H,26,30). The van der Waals surface area contributed by atoms with Gasteiger partial charge in [-0.3, -0.25) is 0 Å². The number of carbonyl (C=O) groups is 2. The third kappa shape index (κ3) is 5.16. The van der Waals surface area contributed by atoms with Crippen molar-refractivity contribution in [2.24, 2.45) is 0 Å². The largest absolute Gasteiger partial charge is 0.497 e. The molecule has 2 aliphatic heterocycles. The lowest BCUT2D eigenvalue weighted by atomic mass is 10.0. The molecule has 0 saturated carbocycles. The van der Waals surface area contributed by atoms with E-state index < -0.39 is 0 Å². The summed E-state index contributed by atoms with van der Waals surface area (Å²) in [6.45, 7) is 5.38. The lowest BCUT2D eigenvalue weighted by molar-refractivity contribution is 0.139. The number of rotatable bonds is 6. The number of methoxy groups -OCH3 is 2. The third-order valence-electron chi connectivity index (χ3n) is 6.46. The summed E-state index contributed by atoms with van der Waals surface area (Å²) in [6, 6.07) is 13.7. The second kappa shape index (κ2) is 10.0. The number of nitrogens with zero attached hydrogens (tertiary/aromatic N) is 3. The van der Waals surface area contributed by atoms with Crippen molar-refractivity contribution in [2.45, 2.75) is 32.4 Å². The van der Waals surface area contributed by atoms with Gasteiger partial charge >= 0.3 is 12.1 Å². The van der Waals surface area contributed by atoms with Gasteiger partial charge in [-0.05, 0) is 37.5 Å². The van der Waals surface area contributed by atoms with Crippen LogP contribution in [0, 0.1) is 6.92 Å². The maximum absolute atomic E-state index is 13.0. The first kappa shape index (κ1) is 22.8. The van der Waals surface area contributed by atoms with Crippen LogP contribution in [0.4, 0.5) is 15.3 Å². The highest BCUT2D eigenvalue weighted by atomic mass is 16.5. The molecule has 8 heteroatoms. The van der Waals surface area contributed by atoms with Crippen molar-refractivity contribution in [1.29, 1.82) is 0 Å². The summed E-state index contributed by atoms with van der Waals surface area (Å²) >= 11 is 0. The first-order chi connectivity index (χ1) is 16.0. The van der Waals surface area contributed by atoms with Crippen molar-refractivity contribution < 1.29 is 19.1 Å². The molecule has 0 radical (unpaired) electrons. The molecule has 2 heterocycles. The first-order valence-corrected chi connectivity index (χ1v) is 11.4. The Bertz CT molecular complexity index is 986. The van der Waals surface area contributed by atoms with Crippen molar-refractivity contribution in [3.63, 3.8) is 0 Å². The Morgan fingerprint density at radius 3 is 2.39 bits per heavy atom. The zero-order valence-electron chi connectivity index (χ0n) is 19.5. The van der Waals surface area contributed by atoms with Gasteiger partial charge in [-0.2, -0.15) is 0 Å². The third-order valence-corrected chi connectivity index (χ3v) is 6.46. The summed E-state index contributed by atoms with van der Waals surface area (Å²) in [5.74, 6) is 1.22. The molecule has 2 aliphatic rings. The van der Waals surface area contributed by atoms with Crippen LogP contribution in [0.5, 0.6) is 11.5 Å². The summed E-state index contributed by atoms with van der Waals surface area (Å²) in [5, 5.41) is 2.93. The number of amides is 4. The quantitative estimate of drug-likeness (QED) is 0.720. The van der Waals surface area contributed by atoms with Gasteiger partial charge in [0.25, 0.3) is 0 Å². The summed E-state index contributed by atoms with van der Waals surface area (Å²) in [4.78, 5) is 31.5. The van der Waals surface area contributed by atoms with E-state index in [0.29, 0.717) is 36.8 Å². The number of piperidine rings is 1. The summed E-state index contributed by atoms with van der Waals surface area (Å²) in [5.41, 5.74) is 2.94. The number of aryl methyl sites for hydroxylation is 1. The number of nitrogens with one attached hydrogen (secondary N) is 1. The van der Waals surface area contributed by atoms with Crippen molar-refractivity contribution in [1.82, 2.24) is 14.7 Å². The van der Waals surface area contributed by atoms with Crippen molar-refractivity contribution >= 4 is 17.7 Å². The second-order valence-electron chi connectivity index (χ2n) is 8.60. The molecule has 0 spiro atoms. The predicted octanol–water partition coefficient (Wildman–Crippen LogP) is 3.95. The van der Waals surface area contributed by atoms with E-state index in [1.54, 1.807) is 37.3 Å². The highest BCUT2D eigenvalue weighted by molar-refractivity contribution is 5.91. The topological polar surface area (TPSA) is 74.4 Å². The minimum absolute atomic E-state index is 0.0968. The van der Waals surface area contributed by atoms with Crippen LogP contribution in [0.1, 0.15) is 24.0 Å². The van der Waals surface area contributed by atoms with Crippen LogP contribution in [-0.4, -0.2) is 73.2 Å². The Morgan fingerprint density at radius 2 is 1.73 bits per heavy atom. The molecule has 2 aromatic carbocycles. The van der Waals surface area contributed by atoms with E-state index in [1.165, 1.54) is 5.56 Å². The van der Waals surface area contributed by atoms with Crippen molar-refractivity contribution in [3.8, 4) is 11.5 Å². The molecular formula is C25H32N4O4. The minimum atomic E-state index is -0.172. The lowest BCUT2D eigenvalue weighted by Crippen LogP contribution is -2.49. The molecule has 0 bridgehead atoms. The van der Waals surface area contributed by atoms with Gasteiger partial charge in [0.2, 0.25) is 0 Å². The molecule has 2 fully saturated rings. The van der Waals surface area contributed by atoms with E-state index in [4.69, 9.17) is 9.47 Å². The summed E-state index contributed by atoms with van der Waals surface area (Å²) in [6.07, 6.45) is 1.54. The molecule has 0 unspecified atom stereocenters. The molecule has 0 aliphatic carbocycles. The van der Waals surface area contributed by atoms with E-state index in [-0.39, 0.29) is 18.1 Å². The van der Waals surface area contributed by atoms with Gasteiger partial charge in [0.15, 0.2) is 0 Å². The van der Waals surface area contributed by atoms with E-state index in [9.17, 15) is 9.59 Å². The van der Waals surface area contributed by atoms with Crippen LogP contribution in [0.2, 0.25) is 0 Å². The monoisotopic (exact) mass is 452 g/mol. The SMILES string of the molecule is COc1ccc(OC)c(NC(=O)N2CCC(N3CCN(Cc4ccc(C)cc4)C3=O)CC2)c1. The Morgan fingerprint density at radius 1 is 1.00 bits per heavy atom. The number of carbonyl (C=O) groups excluding carboxylic acids is 2. The molecule has 2 aromatic rings. The number of urea groups is 2. The Kier molecular flexibility index (Phi) is 6.91. The zero-order valence-corrected chi connectivity index (χ0v) is 19.5. The van der Waals surface area contributed by atoms with Crippen LogP contribution in [0.15, 0.2) is 42.5 Å². The fraction of sp³-hybridized carbons (Fsp3) is 0.440. The van der Waals surface area contributed by atoms with E-state index in [2.05, 4.69) is 36.5 Å². The van der Waals surface area contributed by atoms with Crippen LogP contribution in [0.25, 0.3) is 0 Å².